The molecule has 1 aliphatic heterocycles. The van der Waals surface area contributed by atoms with E-state index in [-0.39, 0.29) is 0 Å². The number of nitrogens with zero attached hydrogens (tertiary/aromatic N) is 3. The molecule has 1 aliphatic carbocycles. The number of benzene rings is 1. The van der Waals surface area contributed by atoms with Crippen molar-refractivity contribution in [1.29, 1.82) is 0 Å². The third-order valence-corrected chi connectivity index (χ3v) is 5.38. The molecular weight excluding hydrogens is 296 g/mol. The van der Waals surface area contributed by atoms with Crippen LogP contribution in [0.4, 0.5) is 11.8 Å². The van der Waals surface area contributed by atoms with Crippen LogP contribution >= 0.6 is 0 Å². The number of hydrogen-bond acceptors (Lipinski definition) is 4. The second kappa shape index (κ2) is 6.80. The van der Waals surface area contributed by atoms with Crippen LogP contribution in [0.2, 0.25) is 0 Å². The Hall–Kier alpha value is -2.10. The van der Waals surface area contributed by atoms with E-state index in [0.717, 1.165) is 24.7 Å². The van der Waals surface area contributed by atoms with E-state index in [9.17, 15) is 0 Å². The number of nitrogens with one attached hydrogen (secondary N) is 1. The molecule has 2 aliphatic rings. The molecule has 2 aromatic rings. The lowest BCUT2D eigenvalue weighted by Crippen LogP contribution is -2.39. The third kappa shape index (κ3) is 3.23. The summed E-state index contributed by atoms with van der Waals surface area (Å²) in [6.07, 6.45) is 9.44. The molecule has 1 saturated carbocycles. The molecule has 126 valence electrons. The first-order chi connectivity index (χ1) is 11.8. The van der Waals surface area contributed by atoms with Gasteiger partial charge in [0.2, 0.25) is 5.95 Å². The zero-order valence-corrected chi connectivity index (χ0v) is 14.4. The van der Waals surface area contributed by atoms with Crippen LogP contribution in [0, 0.1) is 0 Å². The summed E-state index contributed by atoms with van der Waals surface area (Å²) in [4.78, 5) is 11.7. The van der Waals surface area contributed by atoms with Crippen molar-refractivity contribution < 1.29 is 0 Å². The quantitative estimate of drug-likeness (QED) is 0.920. The molecule has 1 aromatic heterocycles. The number of rotatable bonds is 3. The summed E-state index contributed by atoms with van der Waals surface area (Å²) >= 11 is 0. The molecular formula is C20H26N4. The molecule has 1 aromatic carbocycles. The normalized spacial score (nSPS) is 21.4. The van der Waals surface area contributed by atoms with Gasteiger partial charge in [0, 0.05) is 24.8 Å². The van der Waals surface area contributed by atoms with E-state index in [1.54, 1.807) is 0 Å². The summed E-state index contributed by atoms with van der Waals surface area (Å²) in [5.41, 5.74) is 2.88. The minimum atomic E-state index is 0.456. The molecule has 1 fully saturated rings. The van der Waals surface area contributed by atoms with Crippen LogP contribution < -0.4 is 10.2 Å². The minimum absolute atomic E-state index is 0.456. The number of hydrogen-bond donors (Lipinski definition) is 1. The molecule has 4 rings (SSSR count). The summed E-state index contributed by atoms with van der Waals surface area (Å²) in [5.74, 6) is 1.82. The molecule has 4 heteroatoms. The molecule has 24 heavy (non-hydrogen) atoms. The average Bonchev–Trinajstić information content (AvgIpc) is 2.62. The average molecular weight is 322 g/mol. The van der Waals surface area contributed by atoms with Gasteiger partial charge in [-0.05, 0) is 43.4 Å². The molecule has 4 nitrogen and oxygen atoms in total. The molecule has 0 radical (unpaired) electrons. The highest BCUT2D eigenvalue weighted by Crippen LogP contribution is 2.28. The van der Waals surface area contributed by atoms with Crippen molar-refractivity contribution in [3.8, 4) is 0 Å². The predicted molar refractivity (Wildman–Crippen MR) is 98.3 cm³/mol. The zero-order chi connectivity index (χ0) is 16.4. The first-order valence-electron chi connectivity index (χ1n) is 9.22. The Balaban J connectivity index is 1.52. The largest absolute Gasteiger partial charge is 0.351 e. The lowest BCUT2D eigenvalue weighted by Gasteiger charge is -2.36. The van der Waals surface area contributed by atoms with Crippen molar-refractivity contribution >= 4 is 11.8 Å². The monoisotopic (exact) mass is 322 g/mol. The molecule has 0 saturated heterocycles. The van der Waals surface area contributed by atoms with Crippen molar-refractivity contribution in [2.75, 3.05) is 10.2 Å². The lowest BCUT2D eigenvalue weighted by atomic mass is 9.95. The van der Waals surface area contributed by atoms with Gasteiger partial charge in [-0.2, -0.15) is 4.98 Å². The maximum atomic E-state index is 4.82. The number of anilines is 2. The van der Waals surface area contributed by atoms with Gasteiger partial charge >= 0.3 is 0 Å². The summed E-state index contributed by atoms with van der Waals surface area (Å²) < 4.78 is 0. The van der Waals surface area contributed by atoms with Crippen LogP contribution in [-0.4, -0.2) is 22.1 Å². The van der Waals surface area contributed by atoms with Gasteiger partial charge in [0.1, 0.15) is 5.82 Å². The van der Waals surface area contributed by atoms with Crippen LogP contribution in [0.15, 0.2) is 36.5 Å². The predicted octanol–water partition coefficient (Wildman–Crippen LogP) is 4.17. The SMILES string of the molecule is C[C@H]1Cc2ccccc2CN1c1ccnc(NC2CCCCC2)n1. The Kier molecular flexibility index (Phi) is 4.37. The number of fused-ring (bicyclic) bond motifs is 1. The van der Waals surface area contributed by atoms with Crippen molar-refractivity contribution in [1.82, 2.24) is 9.97 Å². The van der Waals surface area contributed by atoms with Crippen LogP contribution in [0.1, 0.15) is 50.2 Å². The van der Waals surface area contributed by atoms with Gasteiger partial charge in [0.15, 0.2) is 0 Å². The summed E-state index contributed by atoms with van der Waals surface area (Å²) in [5, 5.41) is 3.55. The first-order valence-corrected chi connectivity index (χ1v) is 9.22. The van der Waals surface area contributed by atoms with Gasteiger partial charge in [-0.25, -0.2) is 4.98 Å². The maximum Gasteiger partial charge on any atom is 0.224 e. The van der Waals surface area contributed by atoms with Crippen LogP contribution in [0.5, 0.6) is 0 Å². The molecule has 0 bridgehead atoms. The summed E-state index contributed by atoms with van der Waals surface area (Å²) in [6.45, 7) is 3.21. The van der Waals surface area contributed by atoms with Crippen LogP contribution in [-0.2, 0) is 13.0 Å². The smallest absolute Gasteiger partial charge is 0.224 e. The Morgan fingerprint density at radius 2 is 1.83 bits per heavy atom. The van der Waals surface area contributed by atoms with E-state index < -0.39 is 0 Å². The fourth-order valence-electron chi connectivity index (χ4n) is 3.99. The van der Waals surface area contributed by atoms with E-state index in [1.165, 1.54) is 43.2 Å². The summed E-state index contributed by atoms with van der Waals surface area (Å²) in [6, 6.07) is 11.8. The van der Waals surface area contributed by atoms with Gasteiger partial charge in [-0.1, -0.05) is 43.5 Å². The van der Waals surface area contributed by atoms with Crippen molar-refractivity contribution in [3.63, 3.8) is 0 Å². The van der Waals surface area contributed by atoms with Crippen molar-refractivity contribution in [2.45, 2.75) is 64.1 Å². The summed E-state index contributed by atoms with van der Waals surface area (Å²) in [7, 11) is 0. The number of aromatic nitrogens is 2. The van der Waals surface area contributed by atoms with Crippen LogP contribution in [0.3, 0.4) is 0 Å². The van der Waals surface area contributed by atoms with E-state index in [4.69, 9.17) is 4.98 Å². The van der Waals surface area contributed by atoms with Gasteiger partial charge in [0.05, 0.1) is 0 Å². The molecule has 0 unspecified atom stereocenters. The molecule has 2 heterocycles. The first kappa shape index (κ1) is 15.4. The Morgan fingerprint density at radius 3 is 2.67 bits per heavy atom. The lowest BCUT2D eigenvalue weighted by molar-refractivity contribution is 0.460. The Morgan fingerprint density at radius 1 is 1.04 bits per heavy atom. The highest BCUT2D eigenvalue weighted by atomic mass is 15.2. The highest BCUT2D eigenvalue weighted by Gasteiger charge is 2.24. The van der Waals surface area contributed by atoms with Crippen LogP contribution in [0.25, 0.3) is 0 Å². The molecule has 0 amide bonds. The fraction of sp³-hybridized carbons (Fsp3) is 0.500. The fourth-order valence-corrected chi connectivity index (χ4v) is 3.99. The van der Waals surface area contributed by atoms with E-state index in [1.807, 2.05) is 12.3 Å². The van der Waals surface area contributed by atoms with Gasteiger partial charge < -0.3 is 10.2 Å². The zero-order valence-electron chi connectivity index (χ0n) is 14.4. The highest BCUT2D eigenvalue weighted by molar-refractivity contribution is 5.48. The standard InChI is InChI=1S/C20H26N4/c1-15-13-16-7-5-6-8-17(16)14-24(15)19-11-12-21-20(23-19)22-18-9-3-2-4-10-18/h5-8,11-12,15,18H,2-4,9-10,13-14H2,1H3,(H,21,22,23)/t15-/m0/s1. The van der Waals surface area contributed by atoms with E-state index >= 15 is 0 Å². The molecule has 1 atom stereocenters. The van der Waals surface area contributed by atoms with E-state index in [2.05, 4.69) is 46.4 Å². The Labute approximate surface area is 144 Å². The van der Waals surface area contributed by atoms with Gasteiger partial charge in [-0.3, -0.25) is 0 Å². The second-order valence-corrected chi connectivity index (χ2v) is 7.17. The topological polar surface area (TPSA) is 41.1 Å². The van der Waals surface area contributed by atoms with Gasteiger partial charge in [-0.15, -0.1) is 0 Å². The molecule has 1 N–H and O–H groups in total. The van der Waals surface area contributed by atoms with Crippen molar-refractivity contribution in [2.24, 2.45) is 0 Å². The van der Waals surface area contributed by atoms with Gasteiger partial charge in [0.25, 0.3) is 0 Å². The minimum Gasteiger partial charge on any atom is -0.351 e. The Bertz CT molecular complexity index is 694. The maximum absolute atomic E-state index is 4.82. The van der Waals surface area contributed by atoms with Crippen molar-refractivity contribution in [3.05, 3.63) is 47.7 Å². The van der Waals surface area contributed by atoms with E-state index in [0.29, 0.717) is 12.1 Å². The molecule has 0 spiro atoms. The second-order valence-electron chi connectivity index (χ2n) is 7.17. The third-order valence-electron chi connectivity index (χ3n) is 5.38.